The van der Waals surface area contributed by atoms with E-state index in [2.05, 4.69) is 15.4 Å². The average molecular weight is 475 g/mol. The summed E-state index contributed by atoms with van der Waals surface area (Å²) in [6.45, 7) is 6.43. The molecular weight excluding hydrogens is 448 g/mol. The van der Waals surface area contributed by atoms with Crippen molar-refractivity contribution in [3.63, 3.8) is 0 Å². The number of aromatic nitrogens is 4. The maximum absolute atomic E-state index is 13.5. The van der Waals surface area contributed by atoms with Crippen molar-refractivity contribution in [2.45, 2.75) is 52.4 Å². The SMILES string of the molecule is CC(C)(C)c1cc2n(CC(=O)NCc3ccccn3)c3c(c(=O)n2n1)CN(Cc1ccco1)C3=O. The Morgan fingerprint density at radius 2 is 2.00 bits per heavy atom. The van der Waals surface area contributed by atoms with Crippen LogP contribution in [0.2, 0.25) is 0 Å². The molecule has 0 aromatic carbocycles. The minimum absolute atomic E-state index is 0.115. The number of fused-ring (bicyclic) bond motifs is 2. The molecule has 10 heteroatoms. The summed E-state index contributed by atoms with van der Waals surface area (Å²) in [5.74, 6) is -0.0238. The standard InChI is InChI=1S/C25H26N6O4/c1-25(2,3)19-11-21-30(15-20(32)27-12-16-7-4-5-9-26-16)22-18(23(33)31(21)28-19)14-29(24(22)34)13-17-8-6-10-35-17/h4-11H,12-15H2,1-3H3,(H,27,32). The Balaban J connectivity index is 1.54. The Hall–Kier alpha value is -4.21. The quantitative estimate of drug-likeness (QED) is 0.458. The molecule has 0 saturated carbocycles. The lowest BCUT2D eigenvalue weighted by Crippen LogP contribution is -2.32. The zero-order chi connectivity index (χ0) is 24.7. The van der Waals surface area contributed by atoms with Gasteiger partial charge < -0.3 is 19.2 Å². The van der Waals surface area contributed by atoms with Gasteiger partial charge in [0.15, 0.2) is 0 Å². The molecule has 0 bridgehead atoms. The van der Waals surface area contributed by atoms with E-state index < -0.39 is 0 Å². The number of furan rings is 1. The lowest BCUT2D eigenvalue weighted by atomic mass is 9.93. The largest absolute Gasteiger partial charge is 0.467 e. The van der Waals surface area contributed by atoms with E-state index in [0.717, 1.165) is 5.69 Å². The molecule has 0 unspecified atom stereocenters. The first-order valence-corrected chi connectivity index (χ1v) is 11.4. The zero-order valence-electron chi connectivity index (χ0n) is 19.8. The number of hydrogen-bond acceptors (Lipinski definition) is 6. The van der Waals surface area contributed by atoms with E-state index in [0.29, 0.717) is 22.7 Å². The number of hydrogen-bond donors (Lipinski definition) is 1. The van der Waals surface area contributed by atoms with Crippen LogP contribution in [-0.4, -0.2) is 35.9 Å². The van der Waals surface area contributed by atoms with Gasteiger partial charge in [0.25, 0.3) is 11.5 Å². The van der Waals surface area contributed by atoms with Gasteiger partial charge >= 0.3 is 0 Å². The molecule has 0 fully saturated rings. The maximum Gasteiger partial charge on any atom is 0.280 e. The minimum Gasteiger partial charge on any atom is -0.467 e. The van der Waals surface area contributed by atoms with E-state index in [9.17, 15) is 14.4 Å². The molecule has 4 aromatic rings. The number of nitrogens with one attached hydrogen (secondary N) is 1. The maximum atomic E-state index is 13.5. The van der Waals surface area contributed by atoms with E-state index in [-0.39, 0.29) is 54.7 Å². The van der Waals surface area contributed by atoms with Crippen LogP contribution in [0, 0.1) is 0 Å². The second-order valence-electron chi connectivity index (χ2n) is 9.61. The van der Waals surface area contributed by atoms with Gasteiger partial charge in [-0.15, -0.1) is 0 Å². The Labute approximate surface area is 201 Å². The number of rotatable bonds is 6. The zero-order valence-corrected chi connectivity index (χ0v) is 19.8. The molecular formula is C25H26N6O4. The molecule has 1 aliphatic heterocycles. The summed E-state index contributed by atoms with van der Waals surface area (Å²) in [4.78, 5) is 45.5. The number of carbonyl (C=O) groups excluding carboxylic acids is 2. The molecule has 0 spiro atoms. The topological polar surface area (TPSA) is 115 Å². The molecule has 10 nitrogen and oxygen atoms in total. The van der Waals surface area contributed by atoms with Crippen molar-refractivity contribution in [1.82, 2.24) is 29.4 Å². The Bertz CT molecular complexity index is 1460. The molecule has 0 saturated heterocycles. The second kappa shape index (κ2) is 8.53. The monoisotopic (exact) mass is 474 g/mol. The third-order valence-corrected chi connectivity index (χ3v) is 6.00. The fraction of sp³-hybridized carbons (Fsp3) is 0.320. The molecule has 2 amide bonds. The van der Waals surface area contributed by atoms with Crippen LogP contribution in [-0.2, 0) is 36.4 Å². The molecule has 1 aliphatic rings. The van der Waals surface area contributed by atoms with Crippen molar-refractivity contribution in [2.75, 3.05) is 0 Å². The number of carbonyl (C=O) groups is 2. The van der Waals surface area contributed by atoms with Gasteiger partial charge in [-0.25, -0.2) is 0 Å². The van der Waals surface area contributed by atoms with Crippen LogP contribution < -0.4 is 10.9 Å². The second-order valence-corrected chi connectivity index (χ2v) is 9.61. The van der Waals surface area contributed by atoms with Crippen molar-refractivity contribution >= 4 is 17.5 Å². The molecule has 1 N–H and O–H groups in total. The van der Waals surface area contributed by atoms with Crippen LogP contribution >= 0.6 is 0 Å². The average Bonchev–Trinajstić information content (AvgIpc) is 3.56. The summed E-state index contributed by atoms with van der Waals surface area (Å²) in [5.41, 5.74) is 1.66. The molecule has 0 atom stereocenters. The van der Waals surface area contributed by atoms with Crippen molar-refractivity contribution in [1.29, 1.82) is 0 Å². The Kier molecular flexibility index (Phi) is 5.50. The first-order chi connectivity index (χ1) is 16.7. The normalized spacial score (nSPS) is 13.5. The third-order valence-electron chi connectivity index (χ3n) is 6.00. The summed E-state index contributed by atoms with van der Waals surface area (Å²) < 4.78 is 8.29. The number of pyridine rings is 1. The molecule has 0 radical (unpaired) electrons. The van der Waals surface area contributed by atoms with E-state index in [1.807, 2.05) is 32.9 Å². The molecule has 180 valence electrons. The van der Waals surface area contributed by atoms with Gasteiger partial charge in [0.05, 0.1) is 42.8 Å². The fourth-order valence-electron chi connectivity index (χ4n) is 4.16. The first kappa shape index (κ1) is 22.6. The highest BCUT2D eigenvalue weighted by molar-refractivity contribution is 5.97. The van der Waals surface area contributed by atoms with Crippen molar-refractivity contribution in [3.05, 3.63) is 87.6 Å². The van der Waals surface area contributed by atoms with Crippen LogP contribution in [0.1, 0.15) is 54.0 Å². The van der Waals surface area contributed by atoms with Gasteiger partial charge in [-0.1, -0.05) is 26.8 Å². The lowest BCUT2D eigenvalue weighted by molar-refractivity contribution is -0.121. The van der Waals surface area contributed by atoms with Crippen molar-refractivity contribution < 1.29 is 14.0 Å². The highest BCUT2D eigenvalue weighted by Crippen LogP contribution is 2.27. The lowest BCUT2D eigenvalue weighted by Gasteiger charge is -2.15. The van der Waals surface area contributed by atoms with Gasteiger partial charge in [0.2, 0.25) is 5.91 Å². The Morgan fingerprint density at radius 1 is 1.17 bits per heavy atom. The molecule has 5 heterocycles. The van der Waals surface area contributed by atoms with Crippen molar-refractivity contribution in [3.8, 4) is 0 Å². The van der Waals surface area contributed by atoms with E-state index in [1.165, 1.54) is 15.7 Å². The van der Waals surface area contributed by atoms with E-state index in [4.69, 9.17) is 4.42 Å². The molecule has 0 aliphatic carbocycles. The van der Waals surface area contributed by atoms with Gasteiger partial charge in [-0.2, -0.15) is 9.61 Å². The predicted octanol–water partition coefficient (Wildman–Crippen LogP) is 2.25. The van der Waals surface area contributed by atoms with Crippen LogP contribution in [0.3, 0.4) is 0 Å². The van der Waals surface area contributed by atoms with Crippen LogP contribution in [0.15, 0.2) is 58.1 Å². The summed E-state index contributed by atoms with van der Waals surface area (Å²) in [7, 11) is 0. The molecule has 5 rings (SSSR count). The minimum atomic E-state index is -0.356. The first-order valence-electron chi connectivity index (χ1n) is 11.4. The summed E-state index contributed by atoms with van der Waals surface area (Å²) in [6, 6.07) is 10.8. The predicted molar refractivity (Wildman–Crippen MR) is 127 cm³/mol. The van der Waals surface area contributed by atoms with E-state index >= 15 is 0 Å². The molecule has 35 heavy (non-hydrogen) atoms. The summed E-state index contributed by atoms with van der Waals surface area (Å²) in [6.07, 6.45) is 3.20. The molecule has 4 aromatic heterocycles. The van der Waals surface area contributed by atoms with E-state index in [1.54, 1.807) is 35.0 Å². The van der Waals surface area contributed by atoms with Gasteiger partial charge in [0.1, 0.15) is 23.6 Å². The van der Waals surface area contributed by atoms with Gasteiger partial charge in [0, 0.05) is 17.7 Å². The highest BCUT2D eigenvalue weighted by atomic mass is 16.3. The van der Waals surface area contributed by atoms with Crippen LogP contribution in [0.4, 0.5) is 0 Å². The fourth-order valence-corrected chi connectivity index (χ4v) is 4.16. The smallest absolute Gasteiger partial charge is 0.280 e. The number of amides is 2. The summed E-state index contributed by atoms with van der Waals surface area (Å²) >= 11 is 0. The van der Waals surface area contributed by atoms with Crippen molar-refractivity contribution in [2.24, 2.45) is 0 Å². The van der Waals surface area contributed by atoms with Gasteiger partial charge in [-0.3, -0.25) is 19.4 Å². The van der Waals surface area contributed by atoms with Gasteiger partial charge in [-0.05, 0) is 24.3 Å². The highest BCUT2D eigenvalue weighted by Gasteiger charge is 2.36. The summed E-state index contributed by atoms with van der Waals surface area (Å²) in [5, 5.41) is 7.39. The third kappa shape index (κ3) is 4.23. The van der Waals surface area contributed by atoms with Crippen LogP contribution in [0.5, 0.6) is 0 Å². The Morgan fingerprint density at radius 3 is 2.69 bits per heavy atom. The van der Waals surface area contributed by atoms with Crippen LogP contribution in [0.25, 0.3) is 5.65 Å². The number of nitrogens with zero attached hydrogens (tertiary/aromatic N) is 5.